The van der Waals surface area contributed by atoms with Crippen molar-refractivity contribution in [3.05, 3.63) is 71.5 Å². The van der Waals surface area contributed by atoms with Gasteiger partial charge in [0.2, 0.25) is 0 Å². The van der Waals surface area contributed by atoms with Gasteiger partial charge in [0.05, 0.1) is 6.20 Å². The Morgan fingerprint density at radius 2 is 1.96 bits per heavy atom. The first-order valence-electron chi connectivity index (χ1n) is 9.55. The van der Waals surface area contributed by atoms with E-state index in [1.165, 1.54) is 27.9 Å². The van der Waals surface area contributed by atoms with Crippen LogP contribution in [0.3, 0.4) is 0 Å². The number of rotatable bonds is 2. The second kappa shape index (κ2) is 6.58. The normalized spacial score (nSPS) is 18.1. The lowest BCUT2D eigenvalue weighted by atomic mass is 9.94. The van der Waals surface area contributed by atoms with Crippen LogP contribution in [0, 0.1) is 0 Å². The van der Waals surface area contributed by atoms with Crippen LogP contribution < -0.4 is 10.2 Å². The lowest BCUT2D eigenvalue weighted by molar-refractivity contribution is 0.241. The van der Waals surface area contributed by atoms with Crippen molar-refractivity contribution in [1.82, 2.24) is 15.5 Å². The van der Waals surface area contributed by atoms with E-state index >= 15 is 0 Å². The molecule has 2 N–H and O–H groups in total. The number of anilines is 1. The van der Waals surface area contributed by atoms with Gasteiger partial charge in [0, 0.05) is 24.0 Å². The van der Waals surface area contributed by atoms with E-state index in [-0.39, 0.29) is 12.1 Å². The van der Waals surface area contributed by atoms with Gasteiger partial charge in [-0.05, 0) is 60.1 Å². The van der Waals surface area contributed by atoms with E-state index in [0.29, 0.717) is 0 Å². The average molecular weight is 358 g/mol. The zero-order valence-electron chi connectivity index (χ0n) is 15.1. The van der Waals surface area contributed by atoms with Gasteiger partial charge in [-0.3, -0.25) is 10.00 Å². The van der Waals surface area contributed by atoms with Crippen molar-refractivity contribution in [2.75, 3.05) is 11.4 Å². The smallest absolute Gasteiger partial charge is 0.322 e. The molecule has 1 aliphatic heterocycles. The highest BCUT2D eigenvalue weighted by atomic mass is 16.2. The molecule has 5 nitrogen and oxygen atoms in total. The van der Waals surface area contributed by atoms with Gasteiger partial charge in [-0.2, -0.15) is 5.10 Å². The van der Waals surface area contributed by atoms with Crippen molar-refractivity contribution in [3.63, 3.8) is 0 Å². The van der Waals surface area contributed by atoms with Crippen molar-refractivity contribution in [3.8, 4) is 11.1 Å². The third-order valence-corrected chi connectivity index (χ3v) is 5.67. The van der Waals surface area contributed by atoms with Crippen molar-refractivity contribution in [2.24, 2.45) is 0 Å². The third kappa shape index (κ3) is 2.99. The second-order valence-electron chi connectivity index (χ2n) is 7.37. The minimum Gasteiger partial charge on any atom is -0.335 e. The second-order valence-corrected chi connectivity index (χ2v) is 7.37. The van der Waals surface area contributed by atoms with Crippen LogP contribution in [0.4, 0.5) is 10.5 Å². The number of carbonyl (C=O) groups is 1. The summed E-state index contributed by atoms with van der Waals surface area (Å²) in [5, 5.41) is 10.4. The monoisotopic (exact) mass is 358 g/mol. The molecular formula is C22H22N4O. The molecule has 0 radical (unpaired) electrons. The molecule has 1 unspecified atom stereocenters. The fourth-order valence-corrected chi connectivity index (χ4v) is 4.21. The molecule has 136 valence electrons. The van der Waals surface area contributed by atoms with Crippen molar-refractivity contribution < 1.29 is 4.79 Å². The first-order chi connectivity index (χ1) is 13.3. The molecular weight excluding hydrogens is 336 g/mol. The largest absolute Gasteiger partial charge is 0.335 e. The number of nitrogens with one attached hydrogen (secondary N) is 2. The maximum absolute atomic E-state index is 12.9. The molecule has 0 saturated heterocycles. The zero-order valence-corrected chi connectivity index (χ0v) is 15.1. The summed E-state index contributed by atoms with van der Waals surface area (Å²) >= 11 is 0. The Balaban J connectivity index is 1.31. The third-order valence-electron chi connectivity index (χ3n) is 5.67. The van der Waals surface area contributed by atoms with Gasteiger partial charge in [-0.15, -0.1) is 0 Å². The Morgan fingerprint density at radius 3 is 2.85 bits per heavy atom. The summed E-state index contributed by atoms with van der Waals surface area (Å²) in [5.74, 6) is 0. The topological polar surface area (TPSA) is 61.0 Å². The highest BCUT2D eigenvalue weighted by Gasteiger charge is 2.28. The first-order valence-corrected chi connectivity index (χ1v) is 9.55. The molecule has 0 bridgehead atoms. The number of urea groups is 1. The molecule has 1 aromatic heterocycles. The van der Waals surface area contributed by atoms with Crippen LogP contribution in [-0.4, -0.2) is 28.8 Å². The molecule has 1 aliphatic carbocycles. The fraction of sp³-hybridized carbons (Fsp3) is 0.273. The van der Waals surface area contributed by atoms with Gasteiger partial charge >= 0.3 is 6.03 Å². The maximum Gasteiger partial charge on any atom is 0.322 e. The van der Waals surface area contributed by atoms with Gasteiger partial charge < -0.3 is 5.32 Å². The van der Waals surface area contributed by atoms with Crippen molar-refractivity contribution in [2.45, 2.75) is 31.7 Å². The van der Waals surface area contributed by atoms with Crippen LogP contribution in [0.2, 0.25) is 0 Å². The molecule has 2 heterocycles. The summed E-state index contributed by atoms with van der Waals surface area (Å²) in [5.41, 5.74) is 7.12. The molecule has 0 saturated carbocycles. The minimum atomic E-state index is 0.0122. The molecule has 5 heteroatoms. The summed E-state index contributed by atoms with van der Waals surface area (Å²) in [7, 11) is 0. The number of benzene rings is 2. The summed E-state index contributed by atoms with van der Waals surface area (Å²) < 4.78 is 0. The molecule has 5 rings (SSSR count). The number of aryl methyl sites for hydroxylation is 1. The molecule has 1 atom stereocenters. The van der Waals surface area contributed by atoms with Gasteiger partial charge in [-0.25, -0.2) is 4.79 Å². The molecule has 3 aromatic rings. The Kier molecular flexibility index (Phi) is 3.93. The Morgan fingerprint density at radius 1 is 1.07 bits per heavy atom. The van der Waals surface area contributed by atoms with E-state index in [4.69, 9.17) is 0 Å². The number of hydrogen-bond donors (Lipinski definition) is 2. The van der Waals surface area contributed by atoms with Crippen LogP contribution in [0.5, 0.6) is 0 Å². The molecule has 0 spiro atoms. The Labute approximate surface area is 158 Å². The summed E-state index contributed by atoms with van der Waals surface area (Å²) in [6.07, 6.45) is 5.53. The zero-order chi connectivity index (χ0) is 18.2. The summed E-state index contributed by atoms with van der Waals surface area (Å²) in [6, 6.07) is 17.0. The molecule has 2 aliphatic rings. The summed E-state index contributed by atoms with van der Waals surface area (Å²) in [6.45, 7) is 0.739. The van der Waals surface area contributed by atoms with Gasteiger partial charge in [0.15, 0.2) is 0 Å². The van der Waals surface area contributed by atoms with Gasteiger partial charge in [0.25, 0.3) is 0 Å². The average Bonchev–Trinajstić information content (AvgIpc) is 3.34. The van der Waals surface area contributed by atoms with Crippen LogP contribution in [0.15, 0.2) is 54.7 Å². The fourth-order valence-electron chi connectivity index (χ4n) is 4.21. The van der Waals surface area contributed by atoms with Crippen LogP contribution in [0.25, 0.3) is 11.1 Å². The van der Waals surface area contributed by atoms with Crippen LogP contribution in [-0.2, 0) is 19.3 Å². The van der Waals surface area contributed by atoms with E-state index in [0.717, 1.165) is 37.9 Å². The van der Waals surface area contributed by atoms with E-state index in [9.17, 15) is 4.79 Å². The molecule has 2 amide bonds. The van der Waals surface area contributed by atoms with Crippen LogP contribution >= 0.6 is 0 Å². The first kappa shape index (κ1) is 16.1. The number of amides is 2. The van der Waals surface area contributed by atoms with Crippen molar-refractivity contribution >= 4 is 11.7 Å². The number of fused-ring (bicyclic) bond motifs is 2. The minimum absolute atomic E-state index is 0.0122. The summed E-state index contributed by atoms with van der Waals surface area (Å²) in [4.78, 5) is 14.8. The number of aromatic amines is 1. The molecule has 2 aromatic carbocycles. The predicted molar refractivity (Wildman–Crippen MR) is 106 cm³/mol. The molecule has 27 heavy (non-hydrogen) atoms. The SMILES string of the molecule is O=C(NC1CCc2[nH]ncc2C1)N1CCc2cc(-c3ccccc3)ccc21. The van der Waals surface area contributed by atoms with E-state index < -0.39 is 0 Å². The quantitative estimate of drug-likeness (QED) is 0.734. The number of nitrogens with zero attached hydrogens (tertiary/aromatic N) is 2. The number of carbonyl (C=O) groups excluding carboxylic acids is 1. The number of hydrogen-bond acceptors (Lipinski definition) is 2. The van der Waals surface area contributed by atoms with Crippen molar-refractivity contribution in [1.29, 1.82) is 0 Å². The van der Waals surface area contributed by atoms with E-state index in [2.05, 4.69) is 58.0 Å². The lowest BCUT2D eigenvalue weighted by Crippen LogP contribution is -2.46. The highest BCUT2D eigenvalue weighted by Crippen LogP contribution is 2.32. The Bertz CT molecular complexity index is 979. The van der Waals surface area contributed by atoms with Gasteiger partial charge in [0.1, 0.15) is 0 Å². The van der Waals surface area contributed by atoms with Crippen LogP contribution in [0.1, 0.15) is 23.2 Å². The Hall–Kier alpha value is -3.08. The molecule has 0 fully saturated rings. The van der Waals surface area contributed by atoms with E-state index in [1.807, 2.05) is 17.2 Å². The van der Waals surface area contributed by atoms with E-state index in [1.54, 1.807) is 0 Å². The number of H-pyrrole nitrogens is 1. The standard InChI is InChI=1S/C22H22N4O/c27-22(24-19-7-8-20-18(13-19)14-23-25-20)26-11-10-17-12-16(6-9-21(17)26)15-4-2-1-3-5-15/h1-6,9,12,14,19H,7-8,10-11,13H2,(H,23,25)(H,24,27). The predicted octanol–water partition coefficient (Wildman–Crippen LogP) is 3.71. The number of aromatic nitrogens is 2. The highest BCUT2D eigenvalue weighted by molar-refractivity contribution is 5.95. The maximum atomic E-state index is 12.9. The lowest BCUT2D eigenvalue weighted by Gasteiger charge is -2.26. The van der Waals surface area contributed by atoms with Gasteiger partial charge in [-0.1, -0.05) is 36.4 Å².